The van der Waals surface area contributed by atoms with Gasteiger partial charge in [-0.1, -0.05) is 32.4 Å². The second kappa shape index (κ2) is 9.03. The third-order valence-corrected chi connectivity index (χ3v) is 13.8. The molecule has 5 aliphatic rings. The number of esters is 2. The summed E-state index contributed by atoms with van der Waals surface area (Å²) in [7, 11) is 2.74. The van der Waals surface area contributed by atoms with Crippen LogP contribution in [0, 0.1) is 50.2 Å². The van der Waals surface area contributed by atoms with Crippen molar-refractivity contribution in [3.63, 3.8) is 0 Å². The van der Waals surface area contributed by atoms with E-state index in [2.05, 4.69) is 26.8 Å². The molecular formula is C32H48O8. The highest BCUT2D eigenvalue weighted by Crippen LogP contribution is 2.75. The van der Waals surface area contributed by atoms with Gasteiger partial charge in [-0.05, 0) is 106 Å². The minimum absolute atomic E-state index is 0.117. The molecule has 0 heterocycles. The molecule has 3 N–H and O–H groups in total. The van der Waals surface area contributed by atoms with Crippen LogP contribution in [0.1, 0.15) is 92.4 Å². The van der Waals surface area contributed by atoms with E-state index in [0.29, 0.717) is 44.9 Å². The van der Waals surface area contributed by atoms with Crippen molar-refractivity contribution in [2.24, 2.45) is 50.2 Å². The van der Waals surface area contributed by atoms with E-state index in [0.717, 1.165) is 12.8 Å². The van der Waals surface area contributed by atoms with Crippen LogP contribution in [0.5, 0.6) is 0 Å². The summed E-state index contributed by atoms with van der Waals surface area (Å²) >= 11 is 0. The lowest BCUT2D eigenvalue weighted by Gasteiger charge is -2.71. The fourth-order valence-corrected chi connectivity index (χ4v) is 11.2. The molecule has 0 unspecified atom stereocenters. The van der Waals surface area contributed by atoms with E-state index < -0.39 is 45.8 Å². The normalized spacial score (nSPS) is 51.6. The summed E-state index contributed by atoms with van der Waals surface area (Å²) in [6.45, 7) is 10.5. The lowest BCUT2D eigenvalue weighted by molar-refractivity contribution is -0.241. The largest absolute Gasteiger partial charge is 0.481 e. The van der Waals surface area contributed by atoms with Crippen LogP contribution in [0.25, 0.3) is 0 Å². The number of carbonyl (C=O) groups is 3. The molecule has 40 heavy (non-hydrogen) atoms. The Bertz CT molecular complexity index is 1150. The Kier molecular flexibility index (Phi) is 6.68. The predicted molar refractivity (Wildman–Crippen MR) is 147 cm³/mol. The van der Waals surface area contributed by atoms with Crippen LogP contribution in [0.4, 0.5) is 0 Å². The maximum atomic E-state index is 13.2. The van der Waals surface area contributed by atoms with Crippen molar-refractivity contribution in [3.05, 3.63) is 11.6 Å². The molecular weight excluding hydrogens is 512 g/mol. The molecule has 8 heteroatoms. The van der Waals surface area contributed by atoms with Gasteiger partial charge in [0.1, 0.15) is 0 Å². The fourth-order valence-electron chi connectivity index (χ4n) is 11.2. The Morgan fingerprint density at radius 1 is 0.850 bits per heavy atom. The van der Waals surface area contributed by atoms with Gasteiger partial charge in [0, 0.05) is 0 Å². The Hall–Kier alpha value is -1.93. The highest BCUT2D eigenvalue weighted by molar-refractivity contribution is 5.80. The molecule has 5 rings (SSSR count). The van der Waals surface area contributed by atoms with Crippen molar-refractivity contribution in [3.8, 4) is 0 Å². The van der Waals surface area contributed by atoms with Crippen LogP contribution in [0.2, 0.25) is 0 Å². The van der Waals surface area contributed by atoms with Gasteiger partial charge in [0.2, 0.25) is 0 Å². The second-order valence-corrected chi connectivity index (χ2v) is 15.1. The predicted octanol–water partition coefficient (Wildman–Crippen LogP) is 4.51. The van der Waals surface area contributed by atoms with Crippen LogP contribution in [-0.2, 0) is 23.9 Å². The van der Waals surface area contributed by atoms with Crippen LogP contribution < -0.4 is 0 Å². The van der Waals surface area contributed by atoms with Gasteiger partial charge in [-0.2, -0.15) is 0 Å². The summed E-state index contributed by atoms with van der Waals surface area (Å²) in [6, 6.07) is 0. The number of fused-ring (bicyclic) bond motifs is 7. The lowest BCUT2D eigenvalue weighted by atomic mass is 9.33. The molecule has 0 aromatic carbocycles. The molecule has 0 bridgehead atoms. The molecule has 0 radical (unpaired) electrons. The molecule has 0 amide bonds. The Morgan fingerprint density at radius 2 is 1.48 bits per heavy atom. The number of carbonyl (C=O) groups excluding carboxylic acids is 2. The number of rotatable bonds is 3. The number of hydrogen-bond donors (Lipinski definition) is 3. The van der Waals surface area contributed by atoms with Gasteiger partial charge >= 0.3 is 17.9 Å². The van der Waals surface area contributed by atoms with Crippen LogP contribution >= 0.6 is 0 Å². The number of methoxy groups -OCH3 is 2. The zero-order valence-electron chi connectivity index (χ0n) is 25.2. The number of hydrogen-bond acceptors (Lipinski definition) is 7. The monoisotopic (exact) mass is 560 g/mol. The van der Waals surface area contributed by atoms with Gasteiger partial charge in [0.15, 0.2) is 0 Å². The molecule has 224 valence electrons. The van der Waals surface area contributed by atoms with Gasteiger partial charge in [-0.3, -0.25) is 14.4 Å². The first kappa shape index (κ1) is 29.6. The topological polar surface area (TPSA) is 130 Å². The number of aliphatic carboxylic acids is 1. The molecule has 4 fully saturated rings. The highest BCUT2D eigenvalue weighted by atomic mass is 16.5. The summed E-state index contributed by atoms with van der Waals surface area (Å²) in [6.07, 6.45) is 5.35. The zero-order valence-corrected chi connectivity index (χ0v) is 25.2. The summed E-state index contributed by atoms with van der Waals surface area (Å²) < 4.78 is 10.4. The van der Waals surface area contributed by atoms with Crippen molar-refractivity contribution < 1.29 is 39.2 Å². The van der Waals surface area contributed by atoms with Crippen molar-refractivity contribution in [2.45, 2.75) is 105 Å². The Labute approximate surface area is 237 Å². The minimum Gasteiger partial charge on any atom is -0.481 e. The number of ether oxygens (including phenoxy) is 2. The third kappa shape index (κ3) is 3.41. The molecule has 0 saturated heterocycles. The minimum atomic E-state index is -1.22. The molecule has 4 saturated carbocycles. The van der Waals surface area contributed by atoms with Crippen molar-refractivity contribution in [2.75, 3.05) is 14.2 Å². The van der Waals surface area contributed by atoms with Gasteiger partial charge in [0.05, 0.1) is 42.7 Å². The summed E-state index contributed by atoms with van der Waals surface area (Å²) in [4.78, 5) is 39.0. The third-order valence-electron chi connectivity index (χ3n) is 13.8. The number of carboxylic acid groups (broad SMARTS) is 1. The summed E-state index contributed by atoms with van der Waals surface area (Å²) in [5, 5.41) is 32.9. The van der Waals surface area contributed by atoms with E-state index >= 15 is 0 Å². The average Bonchev–Trinajstić information content (AvgIpc) is 2.90. The quantitative estimate of drug-likeness (QED) is 0.340. The molecule has 5 aliphatic carbocycles. The fraction of sp³-hybridized carbons (Fsp3) is 0.844. The number of aliphatic hydroxyl groups is 2. The van der Waals surface area contributed by atoms with E-state index in [9.17, 15) is 29.7 Å². The van der Waals surface area contributed by atoms with Crippen molar-refractivity contribution in [1.82, 2.24) is 0 Å². The van der Waals surface area contributed by atoms with E-state index in [-0.39, 0.29) is 34.6 Å². The summed E-state index contributed by atoms with van der Waals surface area (Å²) in [5.74, 6) is -1.83. The molecule has 11 atom stereocenters. The molecule has 0 spiro atoms. The standard InChI is InChI=1S/C32H48O8/c1-27(25(37)39-6)12-14-32(24(35)36)15-13-29(3)18(19(32)16-27)8-9-21-28(2)17-20(33)23(34)31(5,26(38)40-7)22(28)10-11-30(21,29)4/h8,19-23,33-34H,9-17H2,1-7H3,(H,35,36)/t19-,20+,21-,22-,23+,27+,28-,29-,30-,31+,32+/m1/s1. The van der Waals surface area contributed by atoms with Crippen molar-refractivity contribution >= 4 is 17.9 Å². The maximum Gasteiger partial charge on any atom is 0.314 e. The number of aliphatic hydroxyl groups excluding tert-OH is 2. The molecule has 8 nitrogen and oxygen atoms in total. The maximum absolute atomic E-state index is 13.2. The first-order valence-electron chi connectivity index (χ1n) is 15.0. The van der Waals surface area contributed by atoms with Gasteiger partial charge in [0.25, 0.3) is 0 Å². The Morgan fingerprint density at radius 3 is 2.08 bits per heavy atom. The second-order valence-electron chi connectivity index (χ2n) is 15.1. The number of carboxylic acids is 1. The van der Waals surface area contributed by atoms with Gasteiger partial charge in [-0.15, -0.1) is 0 Å². The van der Waals surface area contributed by atoms with Gasteiger partial charge in [-0.25, -0.2) is 0 Å². The van der Waals surface area contributed by atoms with Crippen LogP contribution in [-0.4, -0.2) is 59.7 Å². The smallest absolute Gasteiger partial charge is 0.314 e. The zero-order chi connectivity index (χ0) is 29.7. The van der Waals surface area contributed by atoms with Crippen LogP contribution in [0.15, 0.2) is 11.6 Å². The van der Waals surface area contributed by atoms with Gasteiger partial charge < -0.3 is 24.8 Å². The van der Waals surface area contributed by atoms with E-state index in [1.807, 2.05) is 6.92 Å². The Balaban J connectivity index is 1.61. The number of allylic oxidation sites excluding steroid dienone is 2. The molecule has 0 aromatic rings. The van der Waals surface area contributed by atoms with E-state index in [1.165, 1.54) is 19.8 Å². The van der Waals surface area contributed by atoms with E-state index in [4.69, 9.17) is 9.47 Å². The lowest BCUT2D eigenvalue weighted by Crippen LogP contribution is -2.69. The van der Waals surface area contributed by atoms with Crippen molar-refractivity contribution in [1.29, 1.82) is 0 Å². The first-order valence-corrected chi connectivity index (χ1v) is 15.0. The molecule has 0 aromatic heterocycles. The highest BCUT2D eigenvalue weighted by Gasteiger charge is 2.72. The SMILES string of the molecule is COC(=O)[C@@]1(C)CC[C@]2(C(=O)O)CC[C@]3(C)C(=CC[C@@H]4[C@@]5(C)C[C@H](O)[C@H](O)[C@@](C)(C(=O)OC)[C@@H]5CC[C@]43C)[C@H]2C1. The van der Waals surface area contributed by atoms with E-state index in [1.54, 1.807) is 6.92 Å². The first-order chi connectivity index (χ1) is 18.5. The molecule has 0 aliphatic heterocycles. The summed E-state index contributed by atoms with van der Waals surface area (Å²) in [5.41, 5.74) is -2.62. The average molecular weight is 561 g/mol. The van der Waals surface area contributed by atoms with Crippen LogP contribution in [0.3, 0.4) is 0 Å².